The van der Waals surface area contributed by atoms with Gasteiger partial charge < -0.3 is 28.4 Å². The summed E-state index contributed by atoms with van der Waals surface area (Å²) in [6, 6.07) is 5.99. The first-order valence-electron chi connectivity index (χ1n) is 13.7. The van der Waals surface area contributed by atoms with E-state index in [1.807, 2.05) is 13.8 Å². The normalized spacial score (nSPS) is 14.9. The van der Waals surface area contributed by atoms with Crippen LogP contribution in [-0.4, -0.2) is 55.5 Å². The fourth-order valence-electron chi connectivity index (χ4n) is 3.84. The van der Waals surface area contributed by atoms with Crippen molar-refractivity contribution < 1.29 is 52.1 Å². The van der Waals surface area contributed by atoms with Crippen LogP contribution < -0.4 is 4.52 Å². The number of carboxylic acid groups (broad SMARTS) is 1. The SMILES string of the molecule is CCCCOC(=O)C1=C(OP(=O)(CC(CCC(=O)O)C(=O)OC)Oc2ccccc2C(=O)OCCCC)CCC=C1. The number of aliphatic carboxylic acids is 1. The Morgan fingerprint density at radius 2 is 1.63 bits per heavy atom. The summed E-state index contributed by atoms with van der Waals surface area (Å²) < 4.78 is 41.7. The molecule has 0 saturated carbocycles. The minimum absolute atomic E-state index is 0.00991. The van der Waals surface area contributed by atoms with Gasteiger partial charge in [-0.05, 0) is 43.9 Å². The maximum absolute atomic E-state index is 14.4. The predicted molar refractivity (Wildman–Crippen MR) is 149 cm³/mol. The molecule has 226 valence electrons. The zero-order valence-corrected chi connectivity index (χ0v) is 24.7. The quantitative estimate of drug-likeness (QED) is 0.0945. The second kappa shape index (κ2) is 17.3. The van der Waals surface area contributed by atoms with E-state index in [0.29, 0.717) is 19.3 Å². The van der Waals surface area contributed by atoms with Crippen molar-refractivity contribution in [3.63, 3.8) is 0 Å². The number of esters is 3. The molecule has 1 aliphatic rings. The molecule has 2 unspecified atom stereocenters. The summed E-state index contributed by atoms with van der Waals surface area (Å²) >= 11 is 0. The number of hydrogen-bond donors (Lipinski definition) is 1. The fraction of sp³-hybridized carbons (Fsp3) is 0.517. The van der Waals surface area contributed by atoms with Crippen LogP contribution in [0.1, 0.15) is 75.6 Å². The molecule has 1 aromatic carbocycles. The van der Waals surface area contributed by atoms with Gasteiger partial charge >= 0.3 is 31.5 Å². The standard InChI is InChI=1S/C29H39O11P/c1-4-6-18-37-28(33)22-12-8-10-14-24(22)39-41(35,20-21(27(32)36-3)16-17-26(30)31)40-25-15-11-9-13-23(25)29(34)38-19-7-5-2/h8-10,12-14,21H,4-7,11,15-20H2,1-3H3,(H,30,31). The highest BCUT2D eigenvalue weighted by molar-refractivity contribution is 7.54. The van der Waals surface area contributed by atoms with Crippen LogP contribution in [0.5, 0.6) is 5.75 Å². The van der Waals surface area contributed by atoms with Crippen molar-refractivity contribution in [3.05, 3.63) is 53.3 Å². The first-order chi connectivity index (χ1) is 19.6. The molecule has 1 N–H and O–H groups in total. The number of benzene rings is 1. The number of carbonyl (C=O) groups is 4. The van der Waals surface area contributed by atoms with Crippen LogP contribution in [0.4, 0.5) is 0 Å². The van der Waals surface area contributed by atoms with Gasteiger partial charge in [-0.2, -0.15) is 0 Å². The maximum Gasteiger partial charge on any atom is 0.431 e. The highest BCUT2D eigenvalue weighted by Gasteiger charge is 2.39. The summed E-state index contributed by atoms with van der Waals surface area (Å²) in [6.45, 7) is 4.28. The average Bonchev–Trinajstić information content (AvgIpc) is 2.95. The van der Waals surface area contributed by atoms with E-state index in [1.54, 1.807) is 18.2 Å². The van der Waals surface area contributed by atoms with Crippen molar-refractivity contribution in [2.24, 2.45) is 5.92 Å². The second-order valence-corrected chi connectivity index (χ2v) is 11.3. The van der Waals surface area contributed by atoms with Gasteiger partial charge in [0.1, 0.15) is 17.1 Å². The number of rotatable bonds is 18. The van der Waals surface area contributed by atoms with Gasteiger partial charge in [-0.25, -0.2) is 14.2 Å². The minimum Gasteiger partial charge on any atom is -0.481 e. The Balaban J connectivity index is 2.50. The number of allylic oxidation sites excluding steroid dienone is 2. The van der Waals surface area contributed by atoms with Crippen LogP contribution in [0.2, 0.25) is 0 Å². The number of unbranched alkanes of at least 4 members (excludes halogenated alkanes) is 2. The Bertz CT molecular complexity index is 1170. The minimum atomic E-state index is -4.40. The molecule has 0 radical (unpaired) electrons. The van der Waals surface area contributed by atoms with E-state index < -0.39 is 50.0 Å². The van der Waals surface area contributed by atoms with Crippen LogP contribution in [0.25, 0.3) is 0 Å². The molecule has 0 fully saturated rings. The predicted octanol–water partition coefficient (Wildman–Crippen LogP) is 5.83. The molecular weight excluding hydrogens is 555 g/mol. The molecule has 0 saturated heterocycles. The lowest BCUT2D eigenvalue weighted by molar-refractivity contribution is -0.145. The van der Waals surface area contributed by atoms with Gasteiger partial charge in [0.2, 0.25) is 0 Å². The van der Waals surface area contributed by atoms with Crippen molar-refractivity contribution in [2.75, 3.05) is 26.5 Å². The first kappa shape index (κ1) is 33.6. The summed E-state index contributed by atoms with van der Waals surface area (Å²) in [5.41, 5.74) is 0.0490. The van der Waals surface area contributed by atoms with E-state index >= 15 is 0 Å². The van der Waals surface area contributed by atoms with E-state index in [4.69, 9.17) is 23.3 Å². The van der Waals surface area contributed by atoms with Crippen LogP contribution in [0.3, 0.4) is 0 Å². The number of hydrogen-bond acceptors (Lipinski definition) is 10. The Labute approximate surface area is 240 Å². The highest BCUT2D eigenvalue weighted by atomic mass is 31.2. The summed E-state index contributed by atoms with van der Waals surface area (Å²) in [7, 11) is -3.27. The fourth-order valence-corrected chi connectivity index (χ4v) is 5.88. The van der Waals surface area contributed by atoms with Crippen molar-refractivity contribution in [3.8, 4) is 5.75 Å². The van der Waals surface area contributed by atoms with E-state index in [0.717, 1.165) is 20.0 Å². The van der Waals surface area contributed by atoms with Gasteiger partial charge in [0, 0.05) is 12.8 Å². The molecule has 0 aliphatic heterocycles. The molecule has 0 bridgehead atoms. The summed E-state index contributed by atoms with van der Waals surface area (Å²) in [4.78, 5) is 49.4. The molecule has 1 aliphatic carbocycles. The Morgan fingerprint density at radius 3 is 2.27 bits per heavy atom. The highest BCUT2D eigenvalue weighted by Crippen LogP contribution is 2.54. The van der Waals surface area contributed by atoms with Crippen molar-refractivity contribution >= 4 is 31.5 Å². The van der Waals surface area contributed by atoms with E-state index in [1.165, 1.54) is 18.2 Å². The van der Waals surface area contributed by atoms with Gasteiger partial charge in [0.25, 0.3) is 0 Å². The van der Waals surface area contributed by atoms with E-state index in [9.17, 15) is 28.8 Å². The van der Waals surface area contributed by atoms with Crippen LogP contribution in [-0.2, 0) is 37.7 Å². The molecule has 0 aromatic heterocycles. The molecule has 2 rings (SSSR count). The zero-order valence-electron chi connectivity index (χ0n) is 23.8. The van der Waals surface area contributed by atoms with Crippen molar-refractivity contribution in [2.45, 2.75) is 65.2 Å². The second-order valence-electron chi connectivity index (χ2n) is 9.38. The third-order valence-electron chi connectivity index (χ3n) is 6.08. The molecule has 0 spiro atoms. The summed E-state index contributed by atoms with van der Waals surface area (Å²) in [6.07, 6.45) is 5.70. The van der Waals surface area contributed by atoms with Crippen LogP contribution in [0.15, 0.2) is 47.7 Å². The molecule has 0 heterocycles. The third-order valence-corrected chi connectivity index (χ3v) is 7.95. The smallest absolute Gasteiger partial charge is 0.431 e. The Hall–Kier alpha value is -3.59. The Kier molecular flexibility index (Phi) is 14.2. The molecule has 41 heavy (non-hydrogen) atoms. The number of methoxy groups -OCH3 is 1. The largest absolute Gasteiger partial charge is 0.481 e. The lowest BCUT2D eigenvalue weighted by atomic mass is 10.1. The number of ether oxygens (including phenoxy) is 3. The summed E-state index contributed by atoms with van der Waals surface area (Å²) in [5, 5.41) is 9.18. The van der Waals surface area contributed by atoms with Crippen LogP contribution in [0, 0.1) is 5.92 Å². The molecule has 12 heteroatoms. The molecule has 0 amide bonds. The van der Waals surface area contributed by atoms with Gasteiger partial charge in [0.15, 0.2) is 0 Å². The van der Waals surface area contributed by atoms with Crippen LogP contribution >= 0.6 is 7.60 Å². The lowest BCUT2D eigenvalue weighted by Gasteiger charge is -2.26. The lowest BCUT2D eigenvalue weighted by Crippen LogP contribution is -2.24. The number of carboxylic acids is 1. The third kappa shape index (κ3) is 11.1. The average molecular weight is 595 g/mol. The van der Waals surface area contributed by atoms with Gasteiger partial charge in [-0.3, -0.25) is 9.59 Å². The topological polar surface area (TPSA) is 152 Å². The van der Waals surface area contributed by atoms with Gasteiger partial charge in [-0.15, -0.1) is 0 Å². The maximum atomic E-state index is 14.4. The van der Waals surface area contributed by atoms with Crippen molar-refractivity contribution in [1.82, 2.24) is 0 Å². The Morgan fingerprint density at radius 1 is 0.976 bits per heavy atom. The van der Waals surface area contributed by atoms with Gasteiger partial charge in [-0.1, -0.05) is 44.9 Å². The molecular formula is C29H39O11P. The summed E-state index contributed by atoms with van der Waals surface area (Å²) in [5.74, 6) is -4.57. The van der Waals surface area contributed by atoms with E-state index in [2.05, 4.69) is 0 Å². The molecule has 11 nitrogen and oxygen atoms in total. The monoisotopic (exact) mass is 594 g/mol. The van der Waals surface area contributed by atoms with Gasteiger partial charge in [0.05, 0.1) is 38.0 Å². The zero-order chi connectivity index (χ0) is 30.3. The number of para-hydroxylation sites is 1. The molecule has 1 aromatic rings. The first-order valence-corrected chi connectivity index (χ1v) is 15.5. The van der Waals surface area contributed by atoms with E-state index in [-0.39, 0.29) is 48.7 Å². The number of carbonyl (C=O) groups excluding carboxylic acids is 3. The molecule has 2 atom stereocenters. The van der Waals surface area contributed by atoms with Crippen molar-refractivity contribution in [1.29, 1.82) is 0 Å².